The molecule has 28 heavy (non-hydrogen) atoms. The maximum absolute atomic E-state index is 13.5. The number of fused-ring (bicyclic) bond motifs is 3. The zero-order valence-electron chi connectivity index (χ0n) is 15.3. The van der Waals surface area contributed by atoms with Crippen molar-refractivity contribution < 1.29 is 4.79 Å². The van der Waals surface area contributed by atoms with Crippen LogP contribution in [-0.2, 0) is 7.05 Å². The maximum atomic E-state index is 13.5. The molecule has 3 heteroatoms. The van der Waals surface area contributed by atoms with E-state index in [4.69, 9.17) is 0 Å². The molecule has 4 aromatic rings. The van der Waals surface area contributed by atoms with Crippen molar-refractivity contribution in [1.29, 1.82) is 0 Å². The molecule has 1 aromatic heterocycles. The van der Waals surface area contributed by atoms with Gasteiger partial charge in [0.05, 0.1) is 16.8 Å². The fourth-order valence-corrected chi connectivity index (χ4v) is 4.11. The van der Waals surface area contributed by atoms with E-state index >= 15 is 0 Å². The van der Waals surface area contributed by atoms with Gasteiger partial charge < -0.3 is 4.57 Å². The third-order valence-corrected chi connectivity index (χ3v) is 5.37. The summed E-state index contributed by atoms with van der Waals surface area (Å²) in [5.74, 6) is -0.0303. The Kier molecular flexibility index (Phi) is 3.63. The van der Waals surface area contributed by atoms with Crippen LogP contribution >= 0.6 is 0 Å². The second-order valence-electron chi connectivity index (χ2n) is 6.94. The lowest BCUT2D eigenvalue weighted by atomic mass is 9.90. The molecule has 0 atom stereocenters. The summed E-state index contributed by atoms with van der Waals surface area (Å²) in [6.07, 6.45) is 0. The normalized spacial score (nSPS) is 12.0. The first-order valence-corrected chi connectivity index (χ1v) is 9.20. The van der Waals surface area contributed by atoms with Gasteiger partial charge in [0, 0.05) is 23.7 Å². The molecule has 0 radical (unpaired) electrons. The number of carbonyl (C=O) groups excluding carboxylic acids is 1. The highest BCUT2D eigenvalue weighted by molar-refractivity contribution is 6.25. The summed E-state index contributed by atoms with van der Waals surface area (Å²) in [4.78, 5) is 26.9. The van der Waals surface area contributed by atoms with Gasteiger partial charge in [-0.3, -0.25) is 9.59 Å². The Labute approximate surface area is 162 Å². The summed E-state index contributed by atoms with van der Waals surface area (Å²) in [5, 5.41) is 0. The Hall–Kier alpha value is -3.72. The van der Waals surface area contributed by atoms with E-state index in [0.29, 0.717) is 27.9 Å². The minimum Gasteiger partial charge on any atom is -0.310 e. The molecule has 5 rings (SSSR count). The number of ketones is 1. The Morgan fingerprint density at radius 3 is 1.68 bits per heavy atom. The monoisotopic (exact) mass is 363 g/mol. The molecule has 0 amide bonds. The number of nitrogens with zero attached hydrogens (tertiary/aromatic N) is 1. The maximum Gasteiger partial charge on any atom is 0.259 e. The molecule has 0 fully saturated rings. The van der Waals surface area contributed by atoms with Gasteiger partial charge in [-0.1, -0.05) is 84.9 Å². The van der Waals surface area contributed by atoms with Gasteiger partial charge in [-0.05, 0) is 11.1 Å². The van der Waals surface area contributed by atoms with Crippen LogP contribution in [0.4, 0.5) is 0 Å². The molecule has 1 aliphatic rings. The van der Waals surface area contributed by atoms with Crippen molar-refractivity contribution in [3.63, 3.8) is 0 Å². The molecule has 0 unspecified atom stereocenters. The van der Waals surface area contributed by atoms with E-state index < -0.39 is 0 Å². The highest BCUT2D eigenvalue weighted by atomic mass is 16.1. The number of pyridine rings is 1. The molecular weight excluding hydrogens is 346 g/mol. The van der Waals surface area contributed by atoms with Crippen LogP contribution in [0.3, 0.4) is 0 Å². The van der Waals surface area contributed by atoms with Gasteiger partial charge in [0.25, 0.3) is 5.56 Å². The van der Waals surface area contributed by atoms with E-state index in [2.05, 4.69) is 0 Å². The predicted octanol–water partition coefficient (Wildman–Crippen LogP) is 4.93. The van der Waals surface area contributed by atoms with Gasteiger partial charge in [0.2, 0.25) is 0 Å². The first-order valence-electron chi connectivity index (χ1n) is 9.20. The number of hydrogen-bond donors (Lipinski definition) is 0. The first kappa shape index (κ1) is 16.5. The second-order valence-corrected chi connectivity index (χ2v) is 6.94. The van der Waals surface area contributed by atoms with Gasteiger partial charge in [0.15, 0.2) is 5.78 Å². The van der Waals surface area contributed by atoms with Crippen molar-refractivity contribution in [2.24, 2.45) is 7.05 Å². The van der Waals surface area contributed by atoms with E-state index in [1.165, 1.54) is 0 Å². The van der Waals surface area contributed by atoms with E-state index in [9.17, 15) is 9.59 Å². The Morgan fingerprint density at radius 2 is 1.07 bits per heavy atom. The molecule has 0 spiro atoms. The van der Waals surface area contributed by atoms with Gasteiger partial charge in [0.1, 0.15) is 0 Å². The van der Waals surface area contributed by atoms with Crippen LogP contribution in [0, 0.1) is 0 Å². The third-order valence-electron chi connectivity index (χ3n) is 5.37. The van der Waals surface area contributed by atoms with Crippen LogP contribution in [0.15, 0.2) is 89.7 Å². The predicted molar refractivity (Wildman–Crippen MR) is 111 cm³/mol. The standard InChI is InChI=1S/C25H17NO2/c1-26-23-18-14-8-9-15-19(18)24(27)22(23)20(16-10-4-2-5-11-16)21(25(26)28)17-12-6-3-7-13-17/h2-15H,1H3. The van der Waals surface area contributed by atoms with E-state index in [0.717, 1.165) is 16.7 Å². The molecule has 3 aromatic carbocycles. The Morgan fingerprint density at radius 1 is 0.571 bits per heavy atom. The molecular formula is C25H17NO2. The van der Waals surface area contributed by atoms with Crippen LogP contribution in [0.25, 0.3) is 33.5 Å². The van der Waals surface area contributed by atoms with Gasteiger partial charge in [-0.2, -0.15) is 0 Å². The summed E-state index contributed by atoms with van der Waals surface area (Å²) in [5.41, 5.74) is 5.63. The van der Waals surface area contributed by atoms with E-state index in [1.807, 2.05) is 84.9 Å². The van der Waals surface area contributed by atoms with Crippen molar-refractivity contribution in [2.45, 2.75) is 0 Å². The van der Waals surface area contributed by atoms with Crippen LogP contribution in [0.1, 0.15) is 15.9 Å². The number of rotatable bonds is 2. The minimum atomic E-state index is -0.103. The summed E-state index contributed by atoms with van der Waals surface area (Å²) < 4.78 is 1.62. The zero-order valence-corrected chi connectivity index (χ0v) is 15.3. The highest BCUT2D eigenvalue weighted by Crippen LogP contribution is 2.43. The zero-order chi connectivity index (χ0) is 19.3. The SMILES string of the molecule is Cn1c2c(c(-c3ccccc3)c(-c3ccccc3)c1=O)C(=O)c1ccccc1-2. The lowest BCUT2D eigenvalue weighted by molar-refractivity contribution is 0.104. The van der Waals surface area contributed by atoms with E-state index in [1.54, 1.807) is 11.6 Å². The van der Waals surface area contributed by atoms with Gasteiger partial charge in [-0.25, -0.2) is 0 Å². The summed E-state index contributed by atoms with van der Waals surface area (Å²) >= 11 is 0. The average Bonchev–Trinajstić information content (AvgIpc) is 3.04. The number of aromatic nitrogens is 1. The summed E-state index contributed by atoms with van der Waals surface area (Å²) in [6, 6.07) is 26.8. The third kappa shape index (κ3) is 2.23. The van der Waals surface area contributed by atoms with Crippen LogP contribution in [-0.4, -0.2) is 10.4 Å². The fourth-order valence-electron chi connectivity index (χ4n) is 4.11. The summed E-state index contributed by atoms with van der Waals surface area (Å²) in [6.45, 7) is 0. The van der Waals surface area contributed by atoms with Crippen LogP contribution < -0.4 is 5.56 Å². The fraction of sp³-hybridized carbons (Fsp3) is 0.0400. The van der Waals surface area contributed by atoms with Gasteiger partial charge in [-0.15, -0.1) is 0 Å². The highest BCUT2D eigenvalue weighted by Gasteiger charge is 2.34. The largest absolute Gasteiger partial charge is 0.310 e. The van der Waals surface area contributed by atoms with Crippen LogP contribution in [0.5, 0.6) is 0 Å². The molecule has 0 bridgehead atoms. The molecule has 3 nitrogen and oxygen atoms in total. The van der Waals surface area contributed by atoms with Crippen molar-refractivity contribution in [2.75, 3.05) is 0 Å². The molecule has 0 N–H and O–H groups in total. The molecule has 134 valence electrons. The number of carbonyl (C=O) groups is 1. The van der Waals surface area contributed by atoms with Crippen molar-refractivity contribution in [1.82, 2.24) is 4.57 Å². The molecule has 0 aliphatic heterocycles. The van der Waals surface area contributed by atoms with Gasteiger partial charge >= 0.3 is 0 Å². The summed E-state index contributed by atoms with van der Waals surface area (Å²) in [7, 11) is 1.75. The topological polar surface area (TPSA) is 39.1 Å². The van der Waals surface area contributed by atoms with Crippen molar-refractivity contribution in [3.8, 4) is 33.5 Å². The first-order chi connectivity index (χ1) is 13.7. The smallest absolute Gasteiger partial charge is 0.259 e. The lowest BCUT2D eigenvalue weighted by Gasteiger charge is -2.17. The molecule has 0 saturated carbocycles. The Balaban J connectivity index is 1.99. The van der Waals surface area contributed by atoms with Crippen LogP contribution in [0.2, 0.25) is 0 Å². The van der Waals surface area contributed by atoms with E-state index in [-0.39, 0.29) is 11.3 Å². The van der Waals surface area contributed by atoms with Crippen molar-refractivity contribution in [3.05, 3.63) is 106 Å². The lowest BCUT2D eigenvalue weighted by Crippen LogP contribution is -2.23. The van der Waals surface area contributed by atoms with Crippen molar-refractivity contribution >= 4 is 5.78 Å². The minimum absolute atomic E-state index is 0.0303. The quantitative estimate of drug-likeness (QED) is 0.446. The average molecular weight is 363 g/mol. The molecule has 1 aliphatic carbocycles. The second kappa shape index (κ2) is 6.17. The molecule has 0 saturated heterocycles. The molecule has 1 heterocycles. The number of hydrogen-bond acceptors (Lipinski definition) is 2. The Bertz CT molecular complexity index is 1290. The number of benzene rings is 3.